The molecule has 1 aliphatic carbocycles. The summed E-state index contributed by atoms with van der Waals surface area (Å²) in [5.74, 6) is 0.946. The molecule has 0 fully saturated rings. The minimum absolute atomic E-state index is 0.0857. The number of benzene rings is 2. The van der Waals surface area contributed by atoms with Crippen LogP contribution in [0.25, 0.3) is 0 Å². The Morgan fingerprint density at radius 3 is 3.00 bits per heavy atom. The highest BCUT2D eigenvalue weighted by Crippen LogP contribution is 2.31. The summed E-state index contributed by atoms with van der Waals surface area (Å²) in [5.41, 5.74) is 10.3. The van der Waals surface area contributed by atoms with E-state index < -0.39 is 0 Å². The standard InChI is InChI=1S/C21H26N2O2/c1-15-5-2-7-18(13-15)25-12-4-9-21(24)23-20-8-3-6-16-14-17(22)10-11-19(16)20/h2,5,7,10-11,13-14,20H,3-4,6,8-9,12,22H2,1H3,(H,23,24). The fraction of sp³-hybridized carbons (Fsp3) is 0.381. The molecule has 1 amide bonds. The van der Waals surface area contributed by atoms with Gasteiger partial charge in [0.05, 0.1) is 12.6 Å². The topological polar surface area (TPSA) is 64.3 Å². The summed E-state index contributed by atoms with van der Waals surface area (Å²) in [6.45, 7) is 2.59. The quantitative estimate of drug-likeness (QED) is 0.619. The minimum atomic E-state index is 0.0857. The second kappa shape index (κ2) is 8.06. The molecular formula is C21H26N2O2. The highest BCUT2D eigenvalue weighted by molar-refractivity contribution is 5.76. The highest BCUT2D eigenvalue weighted by Gasteiger charge is 2.21. The molecule has 0 heterocycles. The Morgan fingerprint density at radius 2 is 2.16 bits per heavy atom. The summed E-state index contributed by atoms with van der Waals surface area (Å²) in [4.78, 5) is 12.3. The molecule has 0 aromatic heterocycles. The number of amides is 1. The van der Waals surface area contributed by atoms with Crippen LogP contribution in [-0.2, 0) is 11.2 Å². The summed E-state index contributed by atoms with van der Waals surface area (Å²) in [7, 11) is 0. The van der Waals surface area contributed by atoms with E-state index >= 15 is 0 Å². The lowest BCUT2D eigenvalue weighted by Gasteiger charge is -2.26. The maximum absolute atomic E-state index is 12.3. The van der Waals surface area contributed by atoms with Crippen molar-refractivity contribution in [1.29, 1.82) is 0 Å². The predicted octanol–water partition coefficient (Wildman–Crippen LogP) is 3.93. The molecular weight excluding hydrogens is 312 g/mol. The van der Waals surface area contributed by atoms with Crippen LogP contribution in [0.2, 0.25) is 0 Å². The second-order valence-corrected chi connectivity index (χ2v) is 6.74. The molecule has 0 saturated heterocycles. The van der Waals surface area contributed by atoms with Crippen LogP contribution in [-0.4, -0.2) is 12.5 Å². The lowest BCUT2D eigenvalue weighted by molar-refractivity contribution is -0.122. The van der Waals surface area contributed by atoms with E-state index in [4.69, 9.17) is 10.5 Å². The number of carbonyl (C=O) groups is 1. The van der Waals surface area contributed by atoms with Crippen LogP contribution < -0.4 is 15.8 Å². The lowest BCUT2D eigenvalue weighted by Crippen LogP contribution is -2.31. The number of aryl methyl sites for hydroxylation is 2. The third kappa shape index (κ3) is 4.75. The first-order valence-electron chi connectivity index (χ1n) is 8.99. The molecule has 1 atom stereocenters. The Hall–Kier alpha value is -2.49. The first-order chi connectivity index (χ1) is 12.1. The molecule has 132 valence electrons. The Bertz CT molecular complexity index is 742. The first-order valence-corrected chi connectivity index (χ1v) is 8.99. The van der Waals surface area contributed by atoms with Crippen LogP contribution in [0.4, 0.5) is 5.69 Å². The minimum Gasteiger partial charge on any atom is -0.494 e. The number of hydrogen-bond acceptors (Lipinski definition) is 3. The van der Waals surface area contributed by atoms with Gasteiger partial charge >= 0.3 is 0 Å². The van der Waals surface area contributed by atoms with Gasteiger partial charge in [-0.05, 0) is 73.6 Å². The van der Waals surface area contributed by atoms with Crippen LogP contribution in [0.15, 0.2) is 42.5 Å². The number of hydrogen-bond donors (Lipinski definition) is 2. The summed E-state index contributed by atoms with van der Waals surface area (Å²) >= 11 is 0. The van der Waals surface area contributed by atoms with E-state index in [1.165, 1.54) is 16.7 Å². The van der Waals surface area contributed by atoms with Crippen molar-refractivity contribution in [2.24, 2.45) is 0 Å². The summed E-state index contributed by atoms with van der Waals surface area (Å²) in [6, 6.07) is 14.1. The van der Waals surface area contributed by atoms with Crippen molar-refractivity contribution in [2.45, 2.75) is 45.1 Å². The average Bonchev–Trinajstić information content (AvgIpc) is 2.59. The zero-order valence-electron chi connectivity index (χ0n) is 14.8. The van der Waals surface area contributed by atoms with Crippen LogP contribution >= 0.6 is 0 Å². The molecule has 3 rings (SSSR count). The molecule has 25 heavy (non-hydrogen) atoms. The molecule has 0 spiro atoms. The number of anilines is 1. The number of ether oxygens (including phenoxy) is 1. The van der Waals surface area contributed by atoms with Gasteiger partial charge in [0.1, 0.15) is 5.75 Å². The van der Waals surface area contributed by atoms with Crippen molar-refractivity contribution in [2.75, 3.05) is 12.3 Å². The third-order valence-corrected chi connectivity index (χ3v) is 4.62. The molecule has 4 heteroatoms. The molecule has 0 bridgehead atoms. The van der Waals surface area contributed by atoms with Gasteiger partial charge in [0, 0.05) is 12.1 Å². The largest absolute Gasteiger partial charge is 0.494 e. The van der Waals surface area contributed by atoms with Crippen molar-refractivity contribution >= 4 is 11.6 Å². The van der Waals surface area contributed by atoms with Gasteiger partial charge in [-0.25, -0.2) is 0 Å². The van der Waals surface area contributed by atoms with Gasteiger partial charge in [-0.1, -0.05) is 18.2 Å². The summed E-state index contributed by atoms with van der Waals surface area (Å²) < 4.78 is 5.70. The zero-order valence-corrected chi connectivity index (χ0v) is 14.8. The number of nitrogens with one attached hydrogen (secondary N) is 1. The van der Waals surface area contributed by atoms with Gasteiger partial charge in [0.15, 0.2) is 0 Å². The second-order valence-electron chi connectivity index (χ2n) is 6.74. The van der Waals surface area contributed by atoms with Gasteiger partial charge < -0.3 is 15.8 Å². The normalized spacial score (nSPS) is 16.1. The van der Waals surface area contributed by atoms with Crippen molar-refractivity contribution in [3.8, 4) is 5.75 Å². The monoisotopic (exact) mass is 338 g/mol. The maximum atomic E-state index is 12.3. The number of nitrogen functional groups attached to an aromatic ring is 1. The molecule has 1 unspecified atom stereocenters. The average molecular weight is 338 g/mol. The molecule has 0 saturated carbocycles. The van der Waals surface area contributed by atoms with Crippen LogP contribution in [0.5, 0.6) is 5.75 Å². The van der Waals surface area contributed by atoms with Gasteiger partial charge in [-0.2, -0.15) is 0 Å². The number of rotatable bonds is 6. The summed E-state index contributed by atoms with van der Waals surface area (Å²) in [6.07, 6.45) is 4.30. The van der Waals surface area contributed by atoms with Gasteiger partial charge in [-0.15, -0.1) is 0 Å². The molecule has 2 aromatic rings. The molecule has 1 aliphatic rings. The van der Waals surface area contributed by atoms with Crippen LogP contribution in [0, 0.1) is 6.92 Å². The van der Waals surface area contributed by atoms with E-state index in [-0.39, 0.29) is 11.9 Å². The summed E-state index contributed by atoms with van der Waals surface area (Å²) in [5, 5.41) is 3.17. The highest BCUT2D eigenvalue weighted by atomic mass is 16.5. The van der Waals surface area contributed by atoms with Crippen LogP contribution in [0.3, 0.4) is 0 Å². The fourth-order valence-corrected chi connectivity index (χ4v) is 3.38. The molecule has 4 nitrogen and oxygen atoms in total. The first kappa shape index (κ1) is 17.3. The van der Waals surface area contributed by atoms with E-state index in [0.717, 1.165) is 30.7 Å². The van der Waals surface area contributed by atoms with E-state index in [1.807, 2.05) is 43.3 Å². The Balaban J connectivity index is 1.46. The van der Waals surface area contributed by atoms with Gasteiger partial charge in [0.2, 0.25) is 5.91 Å². The van der Waals surface area contributed by atoms with E-state index in [0.29, 0.717) is 19.4 Å². The number of carbonyl (C=O) groups excluding carboxylic acids is 1. The Kier molecular flexibility index (Phi) is 5.59. The third-order valence-electron chi connectivity index (χ3n) is 4.62. The van der Waals surface area contributed by atoms with E-state index in [9.17, 15) is 4.79 Å². The maximum Gasteiger partial charge on any atom is 0.220 e. The Morgan fingerprint density at radius 1 is 1.28 bits per heavy atom. The van der Waals surface area contributed by atoms with Crippen LogP contribution in [0.1, 0.15) is 48.4 Å². The van der Waals surface area contributed by atoms with E-state index in [2.05, 4.69) is 11.4 Å². The number of nitrogens with two attached hydrogens (primary N) is 1. The van der Waals surface area contributed by atoms with Crippen molar-refractivity contribution in [3.63, 3.8) is 0 Å². The molecule has 3 N–H and O–H groups in total. The van der Waals surface area contributed by atoms with E-state index in [1.54, 1.807) is 0 Å². The molecule has 2 aromatic carbocycles. The van der Waals surface area contributed by atoms with Gasteiger partial charge in [-0.3, -0.25) is 4.79 Å². The fourth-order valence-electron chi connectivity index (χ4n) is 3.38. The predicted molar refractivity (Wildman–Crippen MR) is 101 cm³/mol. The Labute approximate surface area is 149 Å². The van der Waals surface area contributed by atoms with Gasteiger partial charge in [0.25, 0.3) is 0 Å². The van der Waals surface area contributed by atoms with Crippen molar-refractivity contribution < 1.29 is 9.53 Å². The number of fused-ring (bicyclic) bond motifs is 1. The molecule has 0 aliphatic heterocycles. The van der Waals surface area contributed by atoms with Crippen molar-refractivity contribution in [1.82, 2.24) is 5.32 Å². The smallest absolute Gasteiger partial charge is 0.220 e. The van der Waals surface area contributed by atoms with Crippen molar-refractivity contribution in [3.05, 3.63) is 59.2 Å². The lowest BCUT2D eigenvalue weighted by atomic mass is 9.87. The SMILES string of the molecule is Cc1cccc(OCCCC(=O)NC2CCCc3cc(N)ccc32)c1. The zero-order chi connectivity index (χ0) is 17.6. The molecule has 0 radical (unpaired) electrons.